The quantitative estimate of drug-likeness (QED) is 0.825. The van der Waals surface area contributed by atoms with Crippen LogP contribution in [-0.2, 0) is 15.0 Å². The highest BCUT2D eigenvalue weighted by Gasteiger charge is 2.39. The zero-order chi connectivity index (χ0) is 17.5. The van der Waals surface area contributed by atoms with Crippen LogP contribution in [0.2, 0.25) is 0 Å². The molecule has 0 radical (unpaired) electrons. The van der Waals surface area contributed by atoms with E-state index in [0.717, 1.165) is 36.5 Å². The van der Waals surface area contributed by atoms with Gasteiger partial charge in [0.15, 0.2) is 0 Å². The topological polar surface area (TPSA) is 53.5 Å². The first-order valence-corrected chi connectivity index (χ1v) is 9.65. The summed E-state index contributed by atoms with van der Waals surface area (Å²) in [6, 6.07) is 0.0772. The van der Waals surface area contributed by atoms with Crippen LogP contribution in [0.3, 0.4) is 0 Å². The van der Waals surface area contributed by atoms with Crippen LogP contribution < -0.4 is 0 Å². The lowest BCUT2D eigenvalue weighted by molar-refractivity contribution is -0.139. The number of carbonyl (C=O) groups excluding carboxylic acids is 2. The van der Waals surface area contributed by atoms with E-state index in [1.807, 2.05) is 4.90 Å². The van der Waals surface area contributed by atoms with E-state index in [4.69, 9.17) is 4.98 Å². The molecule has 0 aromatic carbocycles. The first-order chi connectivity index (χ1) is 11.3. The van der Waals surface area contributed by atoms with Gasteiger partial charge >= 0.3 is 0 Å². The van der Waals surface area contributed by atoms with Crippen LogP contribution in [0.5, 0.6) is 0 Å². The van der Waals surface area contributed by atoms with Gasteiger partial charge in [-0.3, -0.25) is 9.59 Å². The average Bonchev–Trinajstić information content (AvgIpc) is 3.14. The van der Waals surface area contributed by atoms with Gasteiger partial charge in [-0.1, -0.05) is 20.8 Å². The molecule has 0 saturated carbocycles. The maximum Gasteiger partial charge on any atom is 0.228 e. The highest BCUT2D eigenvalue weighted by Crippen LogP contribution is 2.36. The van der Waals surface area contributed by atoms with E-state index in [9.17, 15) is 9.59 Å². The second-order valence-corrected chi connectivity index (χ2v) is 8.93. The first-order valence-electron chi connectivity index (χ1n) is 8.77. The van der Waals surface area contributed by atoms with Crippen molar-refractivity contribution in [1.82, 2.24) is 14.8 Å². The molecule has 2 aliphatic heterocycles. The number of amides is 2. The molecule has 3 rings (SSSR count). The summed E-state index contributed by atoms with van der Waals surface area (Å²) in [4.78, 5) is 33.3. The second kappa shape index (κ2) is 6.47. The zero-order valence-corrected chi connectivity index (χ0v) is 15.9. The average molecular weight is 350 g/mol. The minimum atomic E-state index is -0.190. The third-order valence-electron chi connectivity index (χ3n) is 5.05. The Bertz CT molecular complexity index is 634. The maximum atomic E-state index is 13.0. The second-order valence-electron chi connectivity index (χ2n) is 8.04. The largest absolute Gasteiger partial charge is 0.345 e. The Morgan fingerprint density at radius 3 is 2.67 bits per heavy atom. The van der Waals surface area contributed by atoms with Crippen molar-refractivity contribution >= 4 is 23.2 Å². The summed E-state index contributed by atoms with van der Waals surface area (Å²) in [5.41, 5.74) is 1.12. The standard InChI is InChI=1S/C18H27N3O2S/c1-18(2,3)14-11-24-16(19-14)13-7-5-6-8-21(13)17(23)12-9-15(22)20(4)10-12/h11-13H,5-10H2,1-4H3/t12-,13-/m0/s1. The molecule has 2 saturated heterocycles. The predicted molar refractivity (Wildman–Crippen MR) is 94.9 cm³/mol. The van der Waals surface area contributed by atoms with E-state index in [1.165, 1.54) is 0 Å². The van der Waals surface area contributed by atoms with Crippen molar-refractivity contribution in [3.8, 4) is 0 Å². The van der Waals surface area contributed by atoms with Crippen molar-refractivity contribution in [3.05, 3.63) is 16.1 Å². The predicted octanol–water partition coefficient (Wildman–Crippen LogP) is 2.97. The SMILES string of the molecule is CN1C[C@@H](C(=O)N2CCCC[C@H]2c2nc(C(C)(C)C)cs2)CC1=O. The monoisotopic (exact) mass is 349 g/mol. The van der Waals surface area contributed by atoms with Gasteiger partial charge in [0.2, 0.25) is 11.8 Å². The summed E-state index contributed by atoms with van der Waals surface area (Å²) in [6.07, 6.45) is 3.49. The van der Waals surface area contributed by atoms with E-state index in [2.05, 4.69) is 26.2 Å². The van der Waals surface area contributed by atoms with Crippen LogP contribution >= 0.6 is 11.3 Å². The molecule has 24 heavy (non-hydrogen) atoms. The molecule has 0 bridgehead atoms. The van der Waals surface area contributed by atoms with Crippen LogP contribution in [0.15, 0.2) is 5.38 Å². The summed E-state index contributed by atoms with van der Waals surface area (Å²) in [5, 5.41) is 3.17. The lowest BCUT2D eigenvalue weighted by Gasteiger charge is -2.36. The van der Waals surface area contributed by atoms with Gasteiger partial charge in [0.05, 0.1) is 17.7 Å². The number of aromatic nitrogens is 1. The number of carbonyl (C=O) groups is 2. The molecule has 1 aromatic rings. The molecule has 0 unspecified atom stereocenters. The Balaban J connectivity index is 1.80. The van der Waals surface area contributed by atoms with E-state index in [-0.39, 0.29) is 29.2 Å². The fourth-order valence-corrected chi connectivity index (χ4v) is 4.69. The first kappa shape index (κ1) is 17.4. The number of piperidine rings is 1. The lowest BCUT2D eigenvalue weighted by Crippen LogP contribution is -2.42. The van der Waals surface area contributed by atoms with Gasteiger partial charge in [-0.05, 0) is 19.3 Å². The molecule has 5 nitrogen and oxygen atoms in total. The summed E-state index contributed by atoms with van der Waals surface area (Å²) in [6.45, 7) is 7.81. The number of hydrogen-bond acceptors (Lipinski definition) is 4. The smallest absolute Gasteiger partial charge is 0.228 e. The summed E-state index contributed by atoms with van der Waals surface area (Å²) in [7, 11) is 1.78. The Morgan fingerprint density at radius 1 is 1.33 bits per heavy atom. The molecule has 6 heteroatoms. The molecule has 0 aliphatic carbocycles. The fourth-order valence-electron chi connectivity index (χ4n) is 3.50. The van der Waals surface area contributed by atoms with Gasteiger partial charge in [0.25, 0.3) is 0 Å². The number of nitrogens with zero attached hydrogens (tertiary/aromatic N) is 3. The summed E-state index contributed by atoms with van der Waals surface area (Å²) in [5.74, 6) is 0.0150. The third kappa shape index (κ3) is 3.34. The third-order valence-corrected chi connectivity index (χ3v) is 6.00. The molecule has 0 N–H and O–H groups in total. The number of rotatable bonds is 2. The van der Waals surface area contributed by atoms with E-state index in [1.54, 1.807) is 23.3 Å². The molecule has 2 atom stereocenters. The highest BCUT2D eigenvalue weighted by atomic mass is 32.1. The molecule has 2 aliphatic rings. The van der Waals surface area contributed by atoms with Crippen molar-refractivity contribution in [1.29, 1.82) is 0 Å². The molecule has 2 fully saturated rings. The van der Waals surface area contributed by atoms with Crippen LogP contribution in [0.1, 0.15) is 63.2 Å². The van der Waals surface area contributed by atoms with E-state index in [0.29, 0.717) is 13.0 Å². The lowest BCUT2D eigenvalue weighted by atomic mass is 9.93. The van der Waals surface area contributed by atoms with E-state index >= 15 is 0 Å². The minimum absolute atomic E-state index is 0.0266. The van der Waals surface area contributed by atoms with Crippen LogP contribution in [0.25, 0.3) is 0 Å². The van der Waals surface area contributed by atoms with Gasteiger partial charge in [0.1, 0.15) is 5.01 Å². The van der Waals surface area contributed by atoms with Gasteiger partial charge in [-0.15, -0.1) is 11.3 Å². The zero-order valence-electron chi connectivity index (χ0n) is 15.0. The van der Waals surface area contributed by atoms with Crippen LogP contribution in [-0.4, -0.2) is 46.7 Å². The van der Waals surface area contributed by atoms with Gasteiger partial charge < -0.3 is 9.80 Å². The summed E-state index contributed by atoms with van der Waals surface area (Å²) >= 11 is 1.67. The molecule has 132 valence electrons. The Hall–Kier alpha value is -1.43. The molecule has 3 heterocycles. The fraction of sp³-hybridized carbons (Fsp3) is 0.722. The summed E-state index contributed by atoms with van der Waals surface area (Å²) < 4.78 is 0. The van der Waals surface area contributed by atoms with Gasteiger partial charge in [-0.25, -0.2) is 4.98 Å². The molecule has 1 aromatic heterocycles. The molecule has 2 amide bonds. The highest BCUT2D eigenvalue weighted by molar-refractivity contribution is 7.09. The minimum Gasteiger partial charge on any atom is -0.345 e. The van der Waals surface area contributed by atoms with Gasteiger partial charge in [0, 0.05) is 37.4 Å². The van der Waals surface area contributed by atoms with E-state index < -0.39 is 0 Å². The molecular formula is C18H27N3O2S. The Morgan fingerprint density at radius 2 is 2.08 bits per heavy atom. The molecule has 0 spiro atoms. The molecular weight excluding hydrogens is 322 g/mol. The van der Waals surface area contributed by atoms with Crippen LogP contribution in [0.4, 0.5) is 0 Å². The number of likely N-dealkylation sites (tertiary alicyclic amines) is 2. The Kier molecular flexibility index (Phi) is 4.69. The van der Waals surface area contributed by atoms with Crippen molar-refractivity contribution in [3.63, 3.8) is 0 Å². The van der Waals surface area contributed by atoms with Crippen molar-refractivity contribution < 1.29 is 9.59 Å². The van der Waals surface area contributed by atoms with Crippen molar-refractivity contribution in [2.75, 3.05) is 20.1 Å². The number of hydrogen-bond donors (Lipinski definition) is 0. The number of thiazole rings is 1. The van der Waals surface area contributed by atoms with Crippen molar-refractivity contribution in [2.24, 2.45) is 5.92 Å². The van der Waals surface area contributed by atoms with Gasteiger partial charge in [-0.2, -0.15) is 0 Å². The maximum absolute atomic E-state index is 13.0. The van der Waals surface area contributed by atoms with Crippen molar-refractivity contribution in [2.45, 2.75) is 57.9 Å². The van der Waals surface area contributed by atoms with Crippen LogP contribution in [0, 0.1) is 5.92 Å². The normalized spacial score (nSPS) is 25.4. The Labute approximate surface area is 148 Å².